The van der Waals surface area contributed by atoms with Crippen molar-refractivity contribution in [1.82, 2.24) is 0 Å². The smallest absolute Gasteiger partial charge is 0.258 e. The Morgan fingerprint density at radius 2 is 1.56 bits per heavy atom. The molecule has 0 fully saturated rings. The molecule has 0 heterocycles. The lowest BCUT2D eigenvalue weighted by atomic mass is 10.1. The Labute approximate surface area is 150 Å². The lowest BCUT2D eigenvalue weighted by molar-refractivity contribution is -0.116. The summed E-state index contributed by atoms with van der Waals surface area (Å²) in [6.07, 6.45) is 0. The third kappa shape index (κ3) is 4.08. The first-order valence-corrected chi connectivity index (χ1v) is 8.47. The second-order valence-corrected chi connectivity index (χ2v) is 6.68. The average Bonchev–Trinajstić information content (AvgIpc) is 2.57. The van der Waals surface area contributed by atoms with Gasteiger partial charge in [0.25, 0.3) is 5.91 Å². The van der Waals surface area contributed by atoms with E-state index in [1.54, 1.807) is 36.2 Å². The zero-order valence-corrected chi connectivity index (χ0v) is 15.8. The summed E-state index contributed by atoms with van der Waals surface area (Å²) >= 11 is 0. The van der Waals surface area contributed by atoms with Gasteiger partial charge in [0.15, 0.2) is 0 Å². The number of carbonyl (C=O) groups is 2. The molecule has 0 radical (unpaired) electrons. The van der Waals surface area contributed by atoms with Gasteiger partial charge in [-0.25, -0.2) is 0 Å². The Morgan fingerprint density at radius 3 is 2.08 bits per heavy atom. The first-order valence-electron chi connectivity index (χ1n) is 8.47. The van der Waals surface area contributed by atoms with Crippen LogP contribution in [0.25, 0.3) is 0 Å². The van der Waals surface area contributed by atoms with Gasteiger partial charge in [0.2, 0.25) is 5.91 Å². The maximum atomic E-state index is 13.1. The second kappa shape index (κ2) is 7.51. The zero-order chi connectivity index (χ0) is 18.7. The lowest BCUT2D eigenvalue weighted by Gasteiger charge is -2.29. The van der Waals surface area contributed by atoms with Crippen molar-refractivity contribution in [2.45, 2.75) is 40.7 Å². The summed E-state index contributed by atoms with van der Waals surface area (Å²) in [5, 5.41) is 0. The topological polar surface area (TPSA) is 40.6 Å². The maximum absolute atomic E-state index is 13.1. The summed E-state index contributed by atoms with van der Waals surface area (Å²) in [5.41, 5.74) is 4.50. The van der Waals surface area contributed by atoms with Crippen LogP contribution in [-0.4, -0.2) is 24.9 Å². The molecule has 0 N–H and O–H groups in total. The summed E-state index contributed by atoms with van der Waals surface area (Å²) < 4.78 is 0. The molecule has 0 unspecified atom stereocenters. The standard InChI is InChI=1S/C21H26N2O2/c1-14(2)23(20-13-15(3)7-8-16(20)4)21(25)18-9-11-19(12-10-18)22(6)17(5)24/h7-14H,1-6H3. The fraction of sp³-hybridized carbons (Fsp3) is 0.333. The number of amides is 2. The van der Waals surface area contributed by atoms with E-state index in [2.05, 4.69) is 0 Å². The molecule has 2 rings (SSSR count). The molecule has 4 heteroatoms. The Kier molecular flexibility index (Phi) is 5.62. The summed E-state index contributed by atoms with van der Waals surface area (Å²) in [6, 6.07) is 13.3. The minimum Gasteiger partial charge on any atom is -0.316 e. The van der Waals surface area contributed by atoms with Crippen molar-refractivity contribution in [3.63, 3.8) is 0 Å². The molecule has 2 amide bonds. The fourth-order valence-corrected chi connectivity index (χ4v) is 2.75. The van der Waals surface area contributed by atoms with E-state index in [9.17, 15) is 9.59 Å². The van der Waals surface area contributed by atoms with E-state index >= 15 is 0 Å². The first kappa shape index (κ1) is 18.7. The molecule has 0 atom stereocenters. The summed E-state index contributed by atoms with van der Waals surface area (Å²) in [4.78, 5) is 28.0. The van der Waals surface area contributed by atoms with Crippen molar-refractivity contribution in [1.29, 1.82) is 0 Å². The third-order valence-corrected chi connectivity index (χ3v) is 4.33. The van der Waals surface area contributed by atoms with E-state index < -0.39 is 0 Å². The molecule has 0 aliphatic carbocycles. The highest BCUT2D eigenvalue weighted by atomic mass is 16.2. The normalized spacial score (nSPS) is 10.7. The van der Waals surface area contributed by atoms with Gasteiger partial charge in [0.1, 0.15) is 0 Å². The van der Waals surface area contributed by atoms with Crippen molar-refractivity contribution in [2.75, 3.05) is 16.8 Å². The molecule has 2 aromatic rings. The quantitative estimate of drug-likeness (QED) is 0.832. The molecule has 0 aromatic heterocycles. The Hall–Kier alpha value is -2.62. The van der Waals surface area contributed by atoms with Gasteiger partial charge in [-0.1, -0.05) is 12.1 Å². The minimum atomic E-state index is -0.0433. The average molecular weight is 338 g/mol. The predicted molar refractivity (Wildman–Crippen MR) is 103 cm³/mol. The number of aryl methyl sites for hydroxylation is 2. The lowest BCUT2D eigenvalue weighted by Crippen LogP contribution is -2.37. The highest BCUT2D eigenvalue weighted by Gasteiger charge is 2.22. The van der Waals surface area contributed by atoms with Crippen LogP contribution in [0.4, 0.5) is 11.4 Å². The molecular formula is C21H26N2O2. The second-order valence-electron chi connectivity index (χ2n) is 6.68. The van der Waals surface area contributed by atoms with Crippen LogP contribution in [0.2, 0.25) is 0 Å². The Balaban J connectivity index is 2.38. The predicted octanol–water partition coefficient (Wildman–Crippen LogP) is 4.34. The highest BCUT2D eigenvalue weighted by molar-refractivity contribution is 6.07. The Bertz CT molecular complexity index is 779. The molecular weight excluding hydrogens is 312 g/mol. The van der Waals surface area contributed by atoms with Crippen LogP contribution in [0.15, 0.2) is 42.5 Å². The van der Waals surface area contributed by atoms with Gasteiger partial charge in [-0.05, 0) is 69.2 Å². The Morgan fingerprint density at radius 1 is 0.960 bits per heavy atom. The monoisotopic (exact) mass is 338 g/mol. The number of hydrogen-bond donors (Lipinski definition) is 0. The number of nitrogens with zero attached hydrogens (tertiary/aromatic N) is 2. The van der Waals surface area contributed by atoms with Crippen LogP contribution in [0.5, 0.6) is 0 Å². The van der Waals surface area contributed by atoms with E-state index in [1.807, 2.05) is 50.8 Å². The molecule has 0 aliphatic rings. The van der Waals surface area contributed by atoms with Crippen LogP contribution in [-0.2, 0) is 4.79 Å². The van der Waals surface area contributed by atoms with E-state index in [0.29, 0.717) is 5.56 Å². The van der Waals surface area contributed by atoms with Crippen molar-refractivity contribution in [3.05, 3.63) is 59.2 Å². The van der Waals surface area contributed by atoms with Crippen LogP contribution in [0, 0.1) is 13.8 Å². The maximum Gasteiger partial charge on any atom is 0.258 e. The van der Waals surface area contributed by atoms with Crippen LogP contribution in [0.1, 0.15) is 42.3 Å². The molecule has 0 saturated heterocycles. The molecule has 2 aromatic carbocycles. The van der Waals surface area contributed by atoms with Gasteiger partial charge >= 0.3 is 0 Å². The van der Waals surface area contributed by atoms with Gasteiger partial charge in [0.05, 0.1) is 0 Å². The number of carbonyl (C=O) groups excluding carboxylic acids is 2. The molecule has 25 heavy (non-hydrogen) atoms. The minimum absolute atomic E-state index is 0.0348. The third-order valence-electron chi connectivity index (χ3n) is 4.33. The number of rotatable bonds is 4. The number of benzene rings is 2. The van der Waals surface area contributed by atoms with Crippen molar-refractivity contribution < 1.29 is 9.59 Å². The van der Waals surface area contributed by atoms with E-state index in [4.69, 9.17) is 0 Å². The molecule has 0 saturated carbocycles. The highest BCUT2D eigenvalue weighted by Crippen LogP contribution is 2.26. The number of hydrogen-bond acceptors (Lipinski definition) is 2. The van der Waals surface area contributed by atoms with Crippen molar-refractivity contribution in [2.24, 2.45) is 0 Å². The van der Waals surface area contributed by atoms with Crippen molar-refractivity contribution >= 4 is 23.2 Å². The van der Waals surface area contributed by atoms with Gasteiger partial charge < -0.3 is 9.80 Å². The molecule has 0 aliphatic heterocycles. The molecule has 0 bridgehead atoms. The SMILES string of the molecule is CC(=O)N(C)c1ccc(C(=O)N(c2cc(C)ccc2C)C(C)C)cc1. The van der Waals surface area contributed by atoms with E-state index in [-0.39, 0.29) is 17.9 Å². The van der Waals surface area contributed by atoms with Crippen LogP contribution in [0.3, 0.4) is 0 Å². The largest absolute Gasteiger partial charge is 0.316 e. The van der Waals surface area contributed by atoms with Crippen molar-refractivity contribution in [3.8, 4) is 0 Å². The van der Waals surface area contributed by atoms with Gasteiger partial charge in [-0.3, -0.25) is 9.59 Å². The summed E-state index contributed by atoms with van der Waals surface area (Å²) in [7, 11) is 1.72. The van der Waals surface area contributed by atoms with Gasteiger partial charge in [0, 0.05) is 37.0 Å². The summed E-state index contributed by atoms with van der Waals surface area (Å²) in [5.74, 6) is -0.0843. The molecule has 4 nitrogen and oxygen atoms in total. The van der Waals surface area contributed by atoms with Crippen LogP contribution >= 0.6 is 0 Å². The number of anilines is 2. The van der Waals surface area contributed by atoms with Gasteiger partial charge in [-0.15, -0.1) is 0 Å². The fourth-order valence-electron chi connectivity index (χ4n) is 2.75. The van der Waals surface area contributed by atoms with E-state index in [0.717, 1.165) is 22.5 Å². The van der Waals surface area contributed by atoms with Gasteiger partial charge in [-0.2, -0.15) is 0 Å². The van der Waals surface area contributed by atoms with Crippen LogP contribution < -0.4 is 9.80 Å². The zero-order valence-electron chi connectivity index (χ0n) is 15.8. The summed E-state index contributed by atoms with van der Waals surface area (Å²) in [6.45, 7) is 9.58. The molecule has 132 valence electrons. The van der Waals surface area contributed by atoms with E-state index in [1.165, 1.54) is 6.92 Å². The first-order chi connectivity index (χ1) is 11.7. The molecule has 0 spiro atoms.